The van der Waals surface area contributed by atoms with Gasteiger partial charge in [0.15, 0.2) is 21.4 Å². The van der Waals surface area contributed by atoms with Crippen LogP contribution in [0.1, 0.15) is 12.8 Å². The van der Waals surface area contributed by atoms with E-state index in [1.807, 2.05) is 0 Å². The number of imide groups is 2. The van der Waals surface area contributed by atoms with Gasteiger partial charge in [0.05, 0.1) is 37.9 Å². The van der Waals surface area contributed by atoms with Crippen LogP contribution in [0.5, 0.6) is 0 Å². The van der Waals surface area contributed by atoms with Crippen molar-refractivity contribution in [3.05, 3.63) is 60.2 Å². The molecule has 2 aromatic carbocycles. The van der Waals surface area contributed by atoms with Gasteiger partial charge in [-0.3, -0.25) is 29.0 Å². The van der Waals surface area contributed by atoms with Crippen LogP contribution in [-0.4, -0.2) is 107 Å². The summed E-state index contributed by atoms with van der Waals surface area (Å²) in [5.41, 5.74) is -2.33. The van der Waals surface area contributed by atoms with Gasteiger partial charge in [0.2, 0.25) is 23.6 Å². The molecule has 61 heavy (non-hydrogen) atoms. The number of anilines is 2. The number of amides is 4. The largest absolute Gasteiger partial charge is 0.467 e. The molecule has 19 heteroatoms. The van der Waals surface area contributed by atoms with Gasteiger partial charge in [-0.15, -0.1) is 0 Å². The van der Waals surface area contributed by atoms with Crippen molar-refractivity contribution in [3.8, 4) is 0 Å². The van der Waals surface area contributed by atoms with E-state index in [9.17, 15) is 37.5 Å². The maximum absolute atomic E-state index is 14.5. The van der Waals surface area contributed by atoms with Crippen LogP contribution in [0.25, 0.3) is 0 Å². The Bertz CT molecular complexity index is 2080. The summed E-state index contributed by atoms with van der Waals surface area (Å²) in [6.45, 7) is 0.297. The highest BCUT2D eigenvalue weighted by molar-refractivity contribution is 7.80. The normalized spacial score (nSPS) is 37.7. The molecule has 4 aliphatic heterocycles. The van der Waals surface area contributed by atoms with Crippen LogP contribution in [0.3, 0.4) is 0 Å². The fraction of sp³-hybridized carbons (Fsp3) is 0.524. The lowest BCUT2D eigenvalue weighted by Gasteiger charge is -2.51. The van der Waals surface area contributed by atoms with Crippen molar-refractivity contribution in [3.63, 3.8) is 0 Å². The summed E-state index contributed by atoms with van der Waals surface area (Å²) >= 11 is 10.7. The van der Waals surface area contributed by atoms with Gasteiger partial charge in [-0.2, -0.15) is 0 Å². The monoisotopic (exact) mass is 876 g/mol. The summed E-state index contributed by atoms with van der Waals surface area (Å²) in [5.74, 6) is -11.5. The maximum Gasteiger partial charge on any atom is 0.338 e. The molecule has 6 bridgehead atoms. The summed E-state index contributed by atoms with van der Waals surface area (Å²) in [6, 6.07) is 11.2. The third kappa shape index (κ3) is 5.38. The molecule has 14 atom stereocenters. The lowest BCUT2D eigenvalue weighted by Crippen LogP contribution is -2.64. The zero-order valence-corrected chi connectivity index (χ0v) is 34.6. The molecule has 4 aliphatic carbocycles. The summed E-state index contributed by atoms with van der Waals surface area (Å²) in [6.07, 6.45) is 0.831. The highest BCUT2D eigenvalue weighted by atomic mass is 32.1. The molecule has 2 aromatic rings. The molecular weight excluding hydrogens is 835 g/mol. The van der Waals surface area contributed by atoms with Crippen molar-refractivity contribution in [1.82, 2.24) is 20.4 Å². The van der Waals surface area contributed by atoms with Gasteiger partial charge in [0.1, 0.15) is 11.6 Å². The van der Waals surface area contributed by atoms with Gasteiger partial charge in [0, 0.05) is 61.2 Å². The van der Waals surface area contributed by atoms with Crippen LogP contribution in [-0.2, 0) is 43.0 Å². The minimum absolute atomic E-state index is 0.0109. The average molecular weight is 877 g/mol. The fourth-order valence-corrected chi connectivity index (χ4v) is 14.3. The Labute approximate surface area is 358 Å². The number of esters is 2. The number of carbonyl (C=O) groups excluding carboxylic acids is 6. The molecule has 15 nitrogen and oxygen atoms in total. The van der Waals surface area contributed by atoms with Crippen molar-refractivity contribution >= 4 is 81.6 Å². The minimum atomic E-state index is -1.72. The predicted octanol–water partition coefficient (Wildman–Crippen LogP) is 2.07. The molecule has 8 aliphatic rings. The van der Waals surface area contributed by atoms with Crippen molar-refractivity contribution < 1.29 is 51.8 Å². The molecule has 4 heterocycles. The Morgan fingerprint density at radius 3 is 1.23 bits per heavy atom. The van der Waals surface area contributed by atoms with Crippen LogP contribution in [0.2, 0.25) is 0 Å². The molecule has 4 N–H and O–H groups in total. The second kappa shape index (κ2) is 14.2. The number of likely N-dealkylation sites (tertiary alicyclic amines) is 2. The van der Waals surface area contributed by atoms with Crippen LogP contribution in [0.4, 0.5) is 20.2 Å². The van der Waals surface area contributed by atoms with E-state index >= 15 is 0 Å². The Morgan fingerprint density at radius 2 is 0.934 bits per heavy atom. The molecular formula is C42H42F2N6O9S2. The molecule has 0 spiro atoms. The van der Waals surface area contributed by atoms with Crippen LogP contribution in [0, 0.1) is 82.6 Å². The maximum atomic E-state index is 14.5. The smallest absolute Gasteiger partial charge is 0.338 e. The van der Waals surface area contributed by atoms with E-state index in [4.69, 9.17) is 38.6 Å². The van der Waals surface area contributed by atoms with Crippen molar-refractivity contribution in [2.45, 2.75) is 24.0 Å². The third-order valence-electron chi connectivity index (χ3n) is 15.3. The summed E-state index contributed by atoms with van der Waals surface area (Å²) in [5, 5.41) is 12.3. The number of methoxy groups -OCH3 is 2. The molecule has 10 rings (SSSR count). The number of ether oxygens (including phenoxy) is 3. The van der Waals surface area contributed by atoms with E-state index in [2.05, 4.69) is 21.3 Å². The molecule has 2 unspecified atom stereocenters. The Morgan fingerprint density at radius 1 is 0.623 bits per heavy atom. The number of thiocarbonyl (C=S) groups is 2. The van der Waals surface area contributed by atoms with Crippen molar-refractivity contribution in [1.29, 1.82) is 0 Å². The topological polar surface area (TPSA) is 185 Å². The zero-order valence-electron chi connectivity index (χ0n) is 32.9. The van der Waals surface area contributed by atoms with Crippen molar-refractivity contribution in [2.24, 2.45) is 71.0 Å². The van der Waals surface area contributed by atoms with Crippen molar-refractivity contribution in [2.75, 3.05) is 51.0 Å². The molecule has 4 amide bonds. The van der Waals surface area contributed by atoms with Gasteiger partial charge >= 0.3 is 11.9 Å². The molecule has 0 radical (unpaired) electrons. The van der Waals surface area contributed by atoms with Gasteiger partial charge in [-0.1, -0.05) is 0 Å². The summed E-state index contributed by atoms with van der Waals surface area (Å²) < 4.78 is 44.7. The SMILES string of the molecule is COC(=O)C12OC(C(=O)OC)([C@@H]3[C@@H]4C[C@@H]([C@@H]5C(=O)N(CCNC(=S)Nc6ccc(F)cc6)C(=O)[C@H]45)[C@@H]31)[C@H]1[C@H]3C[C@H]([C@H]4C(=O)N(CCNC(=S)Nc5ccc(F)cc5)C(=O)[C@@H]34)[C@H]12. The summed E-state index contributed by atoms with van der Waals surface area (Å²) in [4.78, 5) is 88.5. The number of carbonyl (C=O) groups is 6. The molecule has 0 aromatic heterocycles. The highest BCUT2D eigenvalue weighted by Gasteiger charge is 2.93. The van der Waals surface area contributed by atoms with E-state index in [0.717, 1.165) is 0 Å². The third-order valence-corrected chi connectivity index (χ3v) is 15.8. The second-order valence-corrected chi connectivity index (χ2v) is 18.3. The lowest BCUT2D eigenvalue weighted by atomic mass is 9.47. The van der Waals surface area contributed by atoms with Gasteiger partial charge in [0.25, 0.3) is 0 Å². The molecule has 8 fully saturated rings. The quantitative estimate of drug-likeness (QED) is 0.155. The lowest BCUT2D eigenvalue weighted by molar-refractivity contribution is -0.188. The first-order valence-corrected chi connectivity index (χ1v) is 21.3. The van der Waals surface area contributed by atoms with Gasteiger partial charge < -0.3 is 35.5 Å². The minimum Gasteiger partial charge on any atom is -0.467 e. The van der Waals surface area contributed by atoms with E-state index < -0.39 is 106 Å². The van der Waals surface area contributed by atoms with E-state index in [1.54, 1.807) is 0 Å². The van der Waals surface area contributed by atoms with Gasteiger partial charge in [-0.25, -0.2) is 18.4 Å². The second-order valence-electron chi connectivity index (χ2n) is 17.4. The number of hydrogen-bond acceptors (Lipinski definition) is 11. The molecule has 4 saturated carbocycles. The van der Waals surface area contributed by atoms with E-state index in [1.165, 1.54) is 72.6 Å². The first-order valence-electron chi connectivity index (χ1n) is 20.5. The zero-order chi connectivity index (χ0) is 42.9. The fourth-order valence-electron chi connectivity index (χ4n) is 13.8. The highest BCUT2D eigenvalue weighted by Crippen LogP contribution is 2.83. The number of halogens is 2. The Kier molecular flexibility index (Phi) is 9.30. The molecule has 4 saturated heterocycles. The Hall–Kier alpha value is -5.14. The first-order chi connectivity index (χ1) is 29.3. The number of benzene rings is 2. The first kappa shape index (κ1) is 40.0. The van der Waals surface area contributed by atoms with Gasteiger partial charge in [-0.05, 0) is 109 Å². The van der Waals surface area contributed by atoms with Crippen LogP contribution >= 0.6 is 24.4 Å². The number of hydrogen-bond donors (Lipinski definition) is 4. The number of rotatable bonds is 10. The standard InChI is InChI=1S/C42H42F2N6O9S2/c1-57-37(55)41-29-21-15-23(27-25(21)33(51)49(35(27)53)13-11-45-39(60)47-19-7-3-17(43)4-8-19)31(29)42(59-41,38(56)58-2)32-24-16-22(30(32)41)26-28(24)36(54)50(34(26)52)14-12-46-40(61)48-20-9-5-18(44)6-10-20/h3-10,21-32H,11-16H2,1-2H3,(H2,45,47,60)(H2,46,48,61)/t21-,22+,23+,24-,25-,26+,27+,28-,29-,30+,31+,32-,41?,42?. The van der Waals surface area contributed by atoms with E-state index in [0.29, 0.717) is 24.2 Å². The summed E-state index contributed by atoms with van der Waals surface area (Å²) in [7, 11) is 2.49. The predicted molar refractivity (Wildman–Crippen MR) is 216 cm³/mol. The number of nitrogens with one attached hydrogen (secondary N) is 4. The number of fused-ring (bicyclic) bond motifs is 22. The number of nitrogens with zero attached hydrogens (tertiary/aromatic N) is 2. The molecule has 320 valence electrons. The van der Waals surface area contributed by atoms with Crippen LogP contribution in [0.15, 0.2) is 48.5 Å². The van der Waals surface area contributed by atoms with E-state index in [-0.39, 0.29) is 60.0 Å². The Balaban J connectivity index is 0.897. The van der Waals surface area contributed by atoms with Crippen LogP contribution < -0.4 is 21.3 Å². The average Bonchev–Trinajstić information content (AvgIpc) is 4.13.